The second-order valence-electron chi connectivity index (χ2n) is 4.99. The Morgan fingerprint density at radius 2 is 2.33 bits per heavy atom. The summed E-state index contributed by atoms with van der Waals surface area (Å²) in [6, 6.07) is 2.57. The van der Waals surface area contributed by atoms with Crippen LogP contribution in [-0.2, 0) is 4.74 Å². The predicted octanol–water partition coefficient (Wildman–Crippen LogP) is 2.82. The molecule has 0 bridgehead atoms. The van der Waals surface area contributed by atoms with Gasteiger partial charge in [0.15, 0.2) is 0 Å². The van der Waals surface area contributed by atoms with Gasteiger partial charge in [0.25, 0.3) is 0 Å². The van der Waals surface area contributed by atoms with Crippen LogP contribution in [0.1, 0.15) is 39.0 Å². The van der Waals surface area contributed by atoms with Gasteiger partial charge < -0.3 is 4.74 Å². The van der Waals surface area contributed by atoms with Crippen molar-refractivity contribution in [2.24, 2.45) is 5.92 Å². The van der Waals surface area contributed by atoms with Crippen molar-refractivity contribution >= 4 is 11.8 Å². The lowest BCUT2D eigenvalue weighted by molar-refractivity contribution is 0.218. The molecule has 3 nitrogen and oxygen atoms in total. The summed E-state index contributed by atoms with van der Waals surface area (Å²) in [7, 11) is 1.74. The first-order valence-corrected chi connectivity index (χ1v) is 8.17. The Hall–Kier alpha value is -0.240. The first-order chi connectivity index (χ1) is 8.79. The minimum Gasteiger partial charge on any atom is -0.384 e. The average Bonchev–Trinajstić information content (AvgIpc) is 2.80. The predicted molar refractivity (Wildman–Crippen MR) is 77.8 cm³/mol. The minimum absolute atomic E-state index is 0.238. The third-order valence-electron chi connectivity index (χ3n) is 3.75. The van der Waals surface area contributed by atoms with Crippen LogP contribution in [0.2, 0.25) is 0 Å². The fourth-order valence-corrected chi connectivity index (χ4v) is 3.65. The molecular formula is C14H26N2OS. The summed E-state index contributed by atoms with van der Waals surface area (Å²) in [5, 5.41) is 13.0. The number of nitrogens with zero attached hydrogens (tertiary/aromatic N) is 1. The van der Waals surface area contributed by atoms with E-state index in [1.54, 1.807) is 7.11 Å². The van der Waals surface area contributed by atoms with Gasteiger partial charge in [-0.1, -0.05) is 13.3 Å². The van der Waals surface area contributed by atoms with Gasteiger partial charge in [0.1, 0.15) is 5.54 Å². The van der Waals surface area contributed by atoms with Crippen LogP contribution in [-0.4, -0.2) is 37.3 Å². The normalized spacial score (nSPS) is 27.3. The SMILES string of the molecule is CCCNC1(C#N)CCCC1CCSCCOC. The second-order valence-corrected chi connectivity index (χ2v) is 6.22. The Labute approximate surface area is 116 Å². The van der Waals surface area contributed by atoms with Crippen LogP contribution >= 0.6 is 11.8 Å². The van der Waals surface area contributed by atoms with E-state index in [9.17, 15) is 5.26 Å². The molecule has 0 aromatic rings. The lowest BCUT2D eigenvalue weighted by atomic mass is 9.86. The lowest BCUT2D eigenvalue weighted by Gasteiger charge is -2.30. The molecule has 1 saturated carbocycles. The van der Waals surface area contributed by atoms with Crippen molar-refractivity contribution in [1.29, 1.82) is 5.26 Å². The van der Waals surface area contributed by atoms with E-state index in [4.69, 9.17) is 4.74 Å². The number of methoxy groups -OCH3 is 1. The van der Waals surface area contributed by atoms with Gasteiger partial charge in [-0.15, -0.1) is 0 Å². The highest BCUT2D eigenvalue weighted by molar-refractivity contribution is 7.99. The van der Waals surface area contributed by atoms with Crippen molar-refractivity contribution in [1.82, 2.24) is 5.32 Å². The summed E-state index contributed by atoms with van der Waals surface area (Å²) in [6.07, 6.45) is 5.67. The maximum atomic E-state index is 9.52. The van der Waals surface area contributed by atoms with Crippen LogP contribution in [0.4, 0.5) is 0 Å². The van der Waals surface area contributed by atoms with Gasteiger partial charge in [0, 0.05) is 12.9 Å². The summed E-state index contributed by atoms with van der Waals surface area (Å²) in [5.74, 6) is 2.74. The number of ether oxygens (including phenoxy) is 1. The van der Waals surface area contributed by atoms with Crippen molar-refractivity contribution in [3.8, 4) is 6.07 Å². The standard InChI is InChI=1S/C14H26N2OS/c1-3-8-16-14(12-15)7-4-5-13(14)6-10-18-11-9-17-2/h13,16H,3-11H2,1-2H3. The highest BCUT2D eigenvalue weighted by Gasteiger charge is 2.42. The van der Waals surface area contributed by atoms with Crippen molar-refractivity contribution in [3.05, 3.63) is 0 Å². The first kappa shape index (κ1) is 15.8. The summed E-state index contributed by atoms with van der Waals surface area (Å²) in [6.45, 7) is 3.94. The van der Waals surface area contributed by atoms with E-state index in [0.29, 0.717) is 5.92 Å². The molecular weight excluding hydrogens is 244 g/mol. The van der Waals surface area contributed by atoms with Gasteiger partial charge in [-0.25, -0.2) is 0 Å². The zero-order valence-corrected chi connectivity index (χ0v) is 12.5. The molecule has 0 radical (unpaired) electrons. The molecule has 4 heteroatoms. The Kier molecular flexibility index (Phi) is 7.73. The Balaban J connectivity index is 2.35. The van der Waals surface area contributed by atoms with Gasteiger partial charge in [0.2, 0.25) is 0 Å². The van der Waals surface area contributed by atoms with Gasteiger partial charge >= 0.3 is 0 Å². The van der Waals surface area contributed by atoms with E-state index < -0.39 is 0 Å². The zero-order chi connectivity index (χ0) is 13.3. The maximum Gasteiger partial charge on any atom is 0.109 e. The van der Waals surface area contributed by atoms with Crippen LogP contribution in [0.15, 0.2) is 0 Å². The topological polar surface area (TPSA) is 45.0 Å². The zero-order valence-electron chi connectivity index (χ0n) is 11.7. The second kappa shape index (κ2) is 8.79. The Bertz CT molecular complexity index is 267. The molecule has 1 rings (SSSR count). The van der Waals surface area contributed by atoms with E-state index in [0.717, 1.165) is 43.9 Å². The first-order valence-electron chi connectivity index (χ1n) is 7.02. The molecule has 0 spiro atoms. The van der Waals surface area contributed by atoms with E-state index in [2.05, 4.69) is 18.3 Å². The third kappa shape index (κ3) is 4.46. The largest absolute Gasteiger partial charge is 0.384 e. The molecule has 0 saturated heterocycles. The highest BCUT2D eigenvalue weighted by Crippen LogP contribution is 2.38. The number of rotatable bonds is 9. The summed E-state index contributed by atoms with van der Waals surface area (Å²) in [5.41, 5.74) is -0.238. The maximum absolute atomic E-state index is 9.52. The van der Waals surface area contributed by atoms with E-state index in [-0.39, 0.29) is 5.54 Å². The fourth-order valence-electron chi connectivity index (χ4n) is 2.71. The van der Waals surface area contributed by atoms with Crippen molar-refractivity contribution < 1.29 is 4.74 Å². The molecule has 0 aromatic carbocycles. The lowest BCUT2D eigenvalue weighted by Crippen LogP contribution is -2.47. The molecule has 0 amide bonds. The molecule has 0 aliphatic heterocycles. The number of hydrogen-bond acceptors (Lipinski definition) is 4. The van der Waals surface area contributed by atoms with Crippen LogP contribution in [0, 0.1) is 17.2 Å². The number of thioether (sulfide) groups is 1. The molecule has 1 aliphatic carbocycles. The van der Waals surface area contributed by atoms with E-state index >= 15 is 0 Å². The van der Waals surface area contributed by atoms with Crippen molar-refractivity contribution in [3.63, 3.8) is 0 Å². The van der Waals surface area contributed by atoms with Gasteiger partial charge in [-0.2, -0.15) is 17.0 Å². The molecule has 0 heterocycles. The summed E-state index contributed by atoms with van der Waals surface area (Å²) >= 11 is 1.94. The molecule has 1 N–H and O–H groups in total. The number of hydrogen-bond donors (Lipinski definition) is 1. The fraction of sp³-hybridized carbons (Fsp3) is 0.929. The quantitative estimate of drug-likeness (QED) is 0.654. The monoisotopic (exact) mass is 270 g/mol. The van der Waals surface area contributed by atoms with Crippen LogP contribution in [0.3, 0.4) is 0 Å². The molecule has 18 heavy (non-hydrogen) atoms. The molecule has 1 fully saturated rings. The summed E-state index contributed by atoms with van der Waals surface area (Å²) in [4.78, 5) is 0. The van der Waals surface area contributed by atoms with Crippen molar-refractivity contribution in [2.45, 2.75) is 44.6 Å². The highest BCUT2D eigenvalue weighted by atomic mass is 32.2. The van der Waals surface area contributed by atoms with Gasteiger partial charge in [0.05, 0.1) is 12.7 Å². The van der Waals surface area contributed by atoms with Crippen LogP contribution in [0.5, 0.6) is 0 Å². The van der Waals surface area contributed by atoms with Crippen LogP contribution < -0.4 is 5.32 Å². The number of nitrogens with one attached hydrogen (secondary N) is 1. The van der Waals surface area contributed by atoms with Gasteiger partial charge in [-0.05, 0) is 43.9 Å². The average molecular weight is 270 g/mol. The molecule has 104 valence electrons. The Morgan fingerprint density at radius 3 is 3.00 bits per heavy atom. The third-order valence-corrected chi connectivity index (χ3v) is 4.73. The molecule has 2 atom stereocenters. The molecule has 2 unspecified atom stereocenters. The van der Waals surface area contributed by atoms with E-state index in [1.165, 1.54) is 12.8 Å². The van der Waals surface area contributed by atoms with Gasteiger partial charge in [-0.3, -0.25) is 5.32 Å². The smallest absolute Gasteiger partial charge is 0.109 e. The molecule has 1 aliphatic rings. The minimum atomic E-state index is -0.238. The van der Waals surface area contributed by atoms with E-state index in [1.807, 2.05) is 11.8 Å². The summed E-state index contributed by atoms with van der Waals surface area (Å²) < 4.78 is 5.04. The number of nitriles is 1. The van der Waals surface area contributed by atoms with Crippen LogP contribution in [0.25, 0.3) is 0 Å². The Morgan fingerprint density at radius 1 is 1.50 bits per heavy atom. The van der Waals surface area contributed by atoms with Crippen molar-refractivity contribution in [2.75, 3.05) is 31.8 Å². The molecule has 0 aromatic heterocycles.